The maximum absolute atomic E-state index is 12.4. The average molecular weight is 318 g/mol. The third-order valence-corrected chi connectivity index (χ3v) is 3.18. The quantitative estimate of drug-likeness (QED) is 0.597. The smallest absolute Gasteiger partial charge is 0.408 e. The highest BCUT2D eigenvalue weighted by molar-refractivity contribution is 5.87. The van der Waals surface area contributed by atoms with Crippen molar-refractivity contribution in [2.75, 3.05) is 5.73 Å². The topological polar surface area (TPSA) is 81.4 Å². The normalized spacial score (nSPS) is 12.3. The van der Waals surface area contributed by atoms with E-state index in [-0.39, 0.29) is 5.78 Å². The monoisotopic (exact) mass is 318 g/mol. The van der Waals surface area contributed by atoms with Crippen molar-refractivity contribution in [2.24, 2.45) is 0 Å². The van der Waals surface area contributed by atoms with Gasteiger partial charge in [0.1, 0.15) is 5.60 Å². The van der Waals surface area contributed by atoms with E-state index in [9.17, 15) is 9.59 Å². The fraction of sp³-hybridized carbons (Fsp3) is 0.444. The van der Waals surface area contributed by atoms with Crippen LogP contribution < -0.4 is 11.1 Å². The number of carbonyl (C=O) groups is 2. The van der Waals surface area contributed by atoms with Crippen molar-refractivity contribution in [1.29, 1.82) is 0 Å². The number of ether oxygens (including phenoxy) is 1. The number of rotatable bonds is 7. The molecule has 1 rings (SSSR count). The van der Waals surface area contributed by atoms with Crippen molar-refractivity contribution >= 4 is 17.6 Å². The van der Waals surface area contributed by atoms with E-state index >= 15 is 0 Å². The van der Waals surface area contributed by atoms with Gasteiger partial charge in [-0.15, -0.1) is 6.58 Å². The number of aryl methyl sites for hydroxylation is 1. The molecular weight excluding hydrogens is 292 g/mol. The Kier molecular flexibility index (Phi) is 6.82. The van der Waals surface area contributed by atoms with Crippen LogP contribution in [0.1, 0.15) is 39.2 Å². The number of carbonyl (C=O) groups excluding carboxylic acids is 2. The number of nitrogens with one attached hydrogen (secondary N) is 1. The molecule has 3 N–H and O–H groups in total. The summed E-state index contributed by atoms with van der Waals surface area (Å²) in [6.07, 6.45) is 2.20. The standard InChI is InChI=1S/C18H26N2O3/c1-5-8-15(20-17(22)23-18(2,3)4)16(21)12-11-13-9-6-7-10-14(13)19/h5-7,9-10,15H,1,8,11-12,19H2,2-4H3,(H,20,22)/t15-/m0/s1. The Bertz CT molecular complexity index is 562. The summed E-state index contributed by atoms with van der Waals surface area (Å²) in [4.78, 5) is 24.2. The Morgan fingerprint density at radius 3 is 2.57 bits per heavy atom. The van der Waals surface area contributed by atoms with E-state index in [0.29, 0.717) is 24.9 Å². The predicted molar refractivity (Wildman–Crippen MR) is 92.2 cm³/mol. The van der Waals surface area contributed by atoms with Crippen LogP contribution in [0.25, 0.3) is 0 Å². The van der Waals surface area contributed by atoms with Gasteiger partial charge in [-0.05, 0) is 45.2 Å². The molecule has 0 aromatic heterocycles. The molecule has 0 unspecified atom stereocenters. The van der Waals surface area contributed by atoms with Crippen LogP contribution in [0.15, 0.2) is 36.9 Å². The van der Waals surface area contributed by atoms with Gasteiger partial charge in [-0.1, -0.05) is 24.3 Å². The fourth-order valence-electron chi connectivity index (χ4n) is 2.08. The number of nitrogens with two attached hydrogens (primary N) is 1. The molecule has 0 bridgehead atoms. The van der Waals surface area contributed by atoms with Crippen LogP contribution >= 0.6 is 0 Å². The molecule has 0 saturated heterocycles. The molecule has 1 atom stereocenters. The summed E-state index contributed by atoms with van der Waals surface area (Å²) in [6.45, 7) is 8.95. The first-order valence-corrected chi connectivity index (χ1v) is 7.69. The van der Waals surface area contributed by atoms with Crippen LogP contribution in [0.3, 0.4) is 0 Å². The number of hydrogen-bond acceptors (Lipinski definition) is 4. The van der Waals surface area contributed by atoms with Gasteiger partial charge in [0.25, 0.3) is 0 Å². The first-order valence-electron chi connectivity index (χ1n) is 7.69. The van der Waals surface area contributed by atoms with Crippen molar-refractivity contribution in [1.82, 2.24) is 5.32 Å². The summed E-state index contributed by atoms with van der Waals surface area (Å²) >= 11 is 0. The summed E-state index contributed by atoms with van der Waals surface area (Å²) in [5, 5.41) is 2.61. The summed E-state index contributed by atoms with van der Waals surface area (Å²) in [7, 11) is 0. The largest absolute Gasteiger partial charge is 0.444 e. The van der Waals surface area contributed by atoms with E-state index in [4.69, 9.17) is 10.5 Å². The maximum Gasteiger partial charge on any atom is 0.408 e. The molecule has 0 aliphatic carbocycles. The second kappa shape index (κ2) is 8.36. The van der Waals surface area contributed by atoms with Gasteiger partial charge < -0.3 is 15.8 Å². The molecule has 5 nitrogen and oxygen atoms in total. The number of nitrogen functional groups attached to an aromatic ring is 1. The van der Waals surface area contributed by atoms with Crippen molar-refractivity contribution in [3.8, 4) is 0 Å². The summed E-state index contributed by atoms with van der Waals surface area (Å²) in [5.41, 5.74) is 6.86. The maximum atomic E-state index is 12.4. The zero-order chi connectivity index (χ0) is 17.5. The van der Waals surface area contributed by atoms with E-state index in [0.717, 1.165) is 5.56 Å². The van der Waals surface area contributed by atoms with Crippen LogP contribution in [0.5, 0.6) is 0 Å². The minimum absolute atomic E-state index is 0.0704. The second-order valence-corrected chi connectivity index (χ2v) is 6.39. The van der Waals surface area contributed by atoms with Crippen LogP contribution in [-0.4, -0.2) is 23.5 Å². The van der Waals surface area contributed by atoms with E-state index < -0.39 is 17.7 Å². The van der Waals surface area contributed by atoms with Crippen molar-refractivity contribution in [3.05, 3.63) is 42.5 Å². The number of ketones is 1. The Morgan fingerprint density at radius 2 is 2.00 bits per heavy atom. The number of para-hydroxylation sites is 1. The highest BCUT2D eigenvalue weighted by Crippen LogP contribution is 2.14. The number of benzene rings is 1. The fourth-order valence-corrected chi connectivity index (χ4v) is 2.08. The summed E-state index contributed by atoms with van der Waals surface area (Å²) in [5.74, 6) is -0.0704. The molecule has 23 heavy (non-hydrogen) atoms. The number of anilines is 1. The summed E-state index contributed by atoms with van der Waals surface area (Å²) < 4.78 is 5.19. The number of amides is 1. The molecule has 0 radical (unpaired) electrons. The molecular formula is C18H26N2O3. The first-order chi connectivity index (χ1) is 10.7. The lowest BCUT2D eigenvalue weighted by Gasteiger charge is -2.22. The molecule has 1 amide bonds. The number of hydrogen-bond donors (Lipinski definition) is 2. The lowest BCUT2D eigenvalue weighted by atomic mass is 10.0. The summed E-state index contributed by atoms with van der Waals surface area (Å²) in [6, 6.07) is 6.81. The van der Waals surface area contributed by atoms with Gasteiger partial charge in [0.05, 0.1) is 6.04 Å². The Labute approximate surface area is 137 Å². The van der Waals surface area contributed by atoms with Gasteiger partial charge in [-0.25, -0.2) is 4.79 Å². The lowest BCUT2D eigenvalue weighted by Crippen LogP contribution is -2.43. The number of alkyl carbamates (subject to hydrolysis) is 1. The Balaban J connectivity index is 2.62. The molecule has 1 aromatic carbocycles. The zero-order valence-corrected chi connectivity index (χ0v) is 14.1. The minimum atomic E-state index is -0.632. The van der Waals surface area contributed by atoms with Gasteiger partial charge in [-0.3, -0.25) is 4.79 Å². The van der Waals surface area contributed by atoms with Crippen molar-refractivity contribution < 1.29 is 14.3 Å². The molecule has 0 saturated carbocycles. The molecule has 0 aliphatic heterocycles. The van der Waals surface area contributed by atoms with Crippen LogP contribution in [-0.2, 0) is 16.0 Å². The third kappa shape index (κ3) is 7.00. The molecule has 0 fully saturated rings. The van der Waals surface area contributed by atoms with Gasteiger partial charge >= 0.3 is 6.09 Å². The zero-order valence-electron chi connectivity index (χ0n) is 14.1. The average Bonchev–Trinajstić information content (AvgIpc) is 2.43. The minimum Gasteiger partial charge on any atom is -0.444 e. The van der Waals surface area contributed by atoms with Crippen LogP contribution in [0.2, 0.25) is 0 Å². The molecule has 126 valence electrons. The Hall–Kier alpha value is -2.30. The predicted octanol–water partition coefficient (Wildman–Crippen LogP) is 3.24. The van der Waals surface area contributed by atoms with E-state index in [1.165, 1.54) is 0 Å². The second-order valence-electron chi connectivity index (χ2n) is 6.39. The van der Waals surface area contributed by atoms with Gasteiger partial charge in [0.15, 0.2) is 5.78 Å². The van der Waals surface area contributed by atoms with Gasteiger partial charge in [0, 0.05) is 12.1 Å². The number of Topliss-reactive ketones (excluding diaryl/α,β-unsaturated/α-hetero) is 1. The molecule has 1 aromatic rings. The Morgan fingerprint density at radius 1 is 1.35 bits per heavy atom. The van der Waals surface area contributed by atoms with E-state index in [2.05, 4.69) is 11.9 Å². The van der Waals surface area contributed by atoms with E-state index in [1.807, 2.05) is 18.2 Å². The van der Waals surface area contributed by atoms with Gasteiger partial charge in [-0.2, -0.15) is 0 Å². The van der Waals surface area contributed by atoms with Crippen molar-refractivity contribution in [3.63, 3.8) is 0 Å². The first kappa shape index (κ1) is 18.7. The molecule has 0 aliphatic rings. The van der Waals surface area contributed by atoms with E-state index in [1.54, 1.807) is 32.9 Å². The SMILES string of the molecule is C=CC[C@H](NC(=O)OC(C)(C)C)C(=O)CCc1ccccc1N. The molecule has 0 spiro atoms. The lowest BCUT2D eigenvalue weighted by molar-refractivity contribution is -0.121. The van der Waals surface area contributed by atoms with Crippen LogP contribution in [0, 0.1) is 0 Å². The highest BCUT2D eigenvalue weighted by Gasteiger charge is 2.23. The highest BCUT2D eigenvalue weighted by atomic mass is 16.6. The van der Waals surface area contributed by atoms with Gasteiger partial charge in [0.2, 0.25) is 0 Å². The third-order valence-electron chi connectivity index (χ3n) is 3.18. The molecule has 0 heterocycles. The molecule has 5 heteroatoms. The van der Waals surface area contributed by atoms with Crippen molar-refractivity contribution in [2.45, 2.75) is 51.7 Å². The van der Waals surface area contributed by atoms with Crippen LogP contribution in [0.4, 0.5) is 10.5 Å².